The summed E-state index contributed by atoms with van der Waals surface area (Å²) in [6, 6.07) is -1.84. The van der Waals surface area contributed by atoms with Crippen LogP contribution in [0.4, 0.5) is 4.79 Å². The maximum Gasteiger partial charge on any atom is 0.326 e. The second kappa shape index (κ2) is 7.85. The summed E-state index contributed by atoms with van der Waals surface area (Å²) in [4.78, 5) is 33.9. The summed E-state index contributed by atoms with van der Waals surface area (Å²) in [5, 5.41) is 14.0. The van der Waals surface area contributed by atoms with Crippen LogP contribution in [-0.2, 0) is 14.3 Å². The van der Waals surface area contributed by atoms with Gasteiger partial charge in [0.1, 0.15) is 6.04 Å². The number of aliphatic carboxylic acids is 1. The van der Waals surface area contributed by atoms with Gasteiger partial charge in [0.25, 0.3) is 0 Å². The smallest absolute Gasteiger partial charge is 0.326 e. The lowest BCUT2D eigenvalue weighted by molar-refractivity contribution is -0.147. The number of methoxy groups -OCH3 is 1. The number of carboxylic acid groups (broad SMARTS) is 1. The van der Waals surface area contributed by atoms with Crippen molar-refractivity contribution in [2.45, 2.75) is 51.5 Å². The summed E-state index contributed by atoms with van der Waals surface area (Å²) < 4.78 is 4.41. The fourth-order valence-corrected chi connectivity index (χ4v) is 2.71. The van der Waals surface area contributed by atoms with E-state index in [0.717, 1.165) is 32.1 Å². The first kappa shape index (κ1) is 17.3. The van der Waals surface area contributed by atoms with E-state index in [0.29, 0.717) is 6.54 Å². The lowest BCUT2D eigenvalue weighted by atomic mass is 9.83. The molecule has 1 fully saturated rings. The van der Waals surface area contributed by atoms with Crippen LogP contribution in [0.15, 0.2) is 0 Å². The second-order valence-electron chi connectivity index (χ2n) is 5.56. The highest BCUT2D eigenvalue weighted by Gasteiger charge is 2.32. The molecule has 0 unspecified atom stereocenters. The van der Waals surface area contributed by atoms with Crippen LogP contribution in [0.3, 0.4) is 0 Å². The van der Waals surface area contributed by atoms with Gasteiger partial charge >= 0.3 is 18.0 Å². The maximum atomic E-state index is 11.8. The van der Waals surface area contributed by atoms with Gasteiger partial charge in [-0.15, -0.1) is 0 Å². The van der Waals surface area contributed by atoms with E-state index in [4.69, 9.17) is 5.11 Å². The first-order chi connectivity index (χ1) is 9.92. The largest absolute Gasteiger partial charge is 0.480 e. The van der Waals surface area contributed by atoms with Gasteiger partial charge in [0.2, 0.25) is 0 Å². The molecule has 21 heavy (non-hydrogen) atoms. The molecule has 1 atom stereocenters. The van der Waals surface area contributed by atoms with Crippen LogP contribution in [0.1, 0.15) is 45.4 Å². The minimum Gasteiger partial charge on any atom is -0.480 e. The molecule has 7 nitrogen and oxygen atoms in total. The molecule has 0 radical (unpaired) electrons. The second-order valence-corrected chi connectivity index (χ2v) is 5.56. The van der Waals surface area contributed by atoms with Crippen molar-refractivity contribution in [3.63, 3.8) is 0 Å². The molecule has 1 aliphatic rings. The lowest BCUT2D eigenvalue weighted by Crippen LogP contribution is -2.49. The summed E-state index contributed by atoms with van der Waals surface area (Å²) in [5.41, 5.74) is 0.123. The number of carboxylic acids is 1. The number of amides is 2. The van der Waals surface area contributed by atoms with Crippen LogP contribution in [-0.4, -0.2) is 42.8 Å². The highest BCUT2D eigenvalue weighted by atomic mass is 16.5. The van der Waals surface area contributed by atoms with Crippen LogP contribution in [0.25, 0.3) is 0 Å². The fraction of sp³-hybridized carbons (Fsp3) is 0.786. The molecule has 3 N–H and O–H groups in total. The number of ether oxygens (including phenoxy) is 1. The van der Waals surface area contributed by atoms with Crippen LogP contribution >= 0.6 is 0 Å². The number of carbonyl (C=O) groups excluding carboxylic acids is 2. The van der Waals surface area contributed by atoms with E-state index in [-0.39, 0.29) is 5.41 Å². The zero-order valence-electron chi connectivity index (χ0n) is 12.6. The summed E-state index contributed by atoms with van der Waals surface area (Å²) in [6.07, 6.45) is 5.08. The summed E-state index contributed by atoms with van der Waals surface area (Å²) in [6.45, 7) is 2.63. The molecule has 0 heterocycles. The van der Waals surface area contributed by atoms with Gasteiger partial charge in [0.05, 0.1) is 13.5 Å². The van der Waals surface area contributed by atoms with E-state index in [1.165, 1.54) is 7.11 Å². The fourth-order valence-electron chi connectivity index (χ4n) is 2.71. The van der Waals surface area contributed by atoms with E-state index >= 15 is 0 Å². The Balaban J connectivity index is 2.46. The minimum atomic E-state index is -1.28. The number of carbonyl (C=O) groups is 3. The Hall–Kier alpha value is -1.79. The van der Waals surface area contributed by atoms with Crippen molar-refractivity contribution in [1.82, 2.24) is 10.6 Å². The van der Waals surface area contributed by atoms with Gasteiger partial charge in [-0.25, -0.2) is 9.59 Å². The van der Waals surface area contributed by atoms with E-state index < -0.39 is 30.4 Å². The molecule has 1 aliphatic carbocycles. The molecule has 120 valence electrons. The van der Waals surface area contributed by atoms with Gasteiger partial charge in [-0.05, 0) is 24.7 Å². The minimum absolute atomic E-state index is 0.123. The first-order valence-electron chi connectivity index (χ1n) is 7.26. The molecule has 1 rings (SSSR count). The molecule has 7 heteroatoms. The Morgan fingerprint density at radius 2 is 1.90 bits per heavy atom. The summed E-state index contributed by atoms with van der Waals surface area (Å²) in [5.74, 6) is -1.94. The molecular formula is C14H24N2O5. The average Bonchev–Trinajstić information content (AvgIpc) is 2.93. The Labute approximate surface area is 124 Å². The van der Waals surface area contributed by atoms with Gasteiger partial charge in [0, 0.05) is 6.54 Å². The molecule has 0 saturated heterocycles. The molecule has 0 spiro atoms. The highest BCUT2D eigenvalue weighted by molar-refractivity contribution is 5.86. The molecule has 0 aromatic heterocycles. The highest BCUT2D eigenvalue weighted by Crippen LogP contribution is 2.40. The monoisotopic (exact) mass is 300 g/mol. The van der Waals surface area contributed by atoms with Gasteiger partial charge in [0.15, 0.2) is 0 Å². The lowest BCUT2D eigenvalue weighted by Gasteiger charge is -2.28. The van der Waals surface area contributed by atoms with E-state index in [1.54, 1.807) is 0 Å². The topological polar surface area (TPSA) is 105 Å². The third-order valence-corrected chi connectivity index (χ3v) is 4.24. The number of hydrogen-bond donors (Lipinski definition) is 3. The van der Waals surface area contributed by atoms with E-state index in [2.05, 4.69) is 22.3 Å². The maximum absolute atomic E-state index is 11.8. The third-order valence-electron chi connectivity index (χ3n) is 4.24. The van der Waals surface area contributed by atoms with Crippen molar-refractivity contribution in [2.75, 3.05) is 13.7 Å². The van der Waals surface area contributed by atoms with Crippen LogP contribution in [0.2, 0.25) is 0 Å². The van der Waals surface area contributed by atoms with Gasteiger partial charge in [-0.1, -0.05) is 19.8 Å². The average molecular weight is 300 g/mol. The zero-order valence-corrected chi connectivity index (χ0v) is 12.6. The molecule has 2 amide bonds. The first-order valence-corrected chi connectivity index (χ1v) is 7.26. The predicted molar refractivity (Wildman–Crippen MR) is 75.8 cm³/mol. The van der Waals surface area contributed by atoms with E-state index in [1.807, 2.05) is 0 Å². The van der Waals surface area contributed by atoms with Crippen molar-refractivity contribution >= 4 is 18.0 Å². The van der Waals surface area contributed by atoms with Crippen molar-refractivity contribution in [3.8, 4) is 0 Å². The van der Waals surface area contributed by atoms with Crippen LogP contribution in [0.5, 0.6) is 0 Å². The van der Waals surface area contributed by atoms with Crippen molar-refractivity contribution in [2.24, 2.45) is 5.41 Å². The Bertz CT molecular complexity index is 391. The molecule has 0 bridgehead atoms. The summed E-state index contributed by atoms with van der Waals surface area (Å²) in [7, 11) is 1.17. The number of hydrogen-bond acceptors (Lipinski definition) is 4. The predicted octanol–water partition coefficient (Wildman–Crippen LogP) is 1.27. The van der Waals surface area contributed by atoms with Crippen molar-refractivity contribution in [3.05, 3.63) is 0 Å². The van der Waals surface area contributed by atoms with Gasteiger partial charge in [-0.2, -0.15) is 0 Å². The molecule has 0 aliphatic heterocycles. The van der Waals surface area contributed by atoms with Crippen LogP contribution in [0, 0.1) is 5.41 Å². The normalized spacial score (nSPS) is 17.8. The zero-order chi connectivity index (χ0) is 15.9. The standard InChI is InChI=1S/C14H24N2O5/c1-3-14(6-4-5-7-14)9-15-13(20)16-10(12(18)19)8-11(17)21-2/h10H,3-9H2,1-2H3,(H,18,19)(H2,15,16,20)/t10-/m0/s1. The molecule has 0 aromatic carbocycles. The number of esters is 1. The quantitative estimate of drug-likeness (QED) is 0.614. The molecule has 0 aromatic rings. The Kier molecular flexibility index (Phi) is 6.45. The van der Waals surface area contributed by atoms with Crippen molar-refractivity contribution in [1.29, 1.82) is 0 Å². The van der Waals surface area contributed by atoms with Crippen molar-refractivity contribution < 1.29 is 24.2 Å². The number of rotatable bonds is 7. The van der Waals surface area contributed by atoms with Crippen LogP contribution < -0.4 is 10.6 Å². The molecule has 1 saturated carbocycles. The number of nitrogens with one attached hydrogen (secondary N) is 2. The Morgan fingerprint density at radius 3 is 2.38 bits per heavy atom. The third kappa shape index (κ3) is 5.24. The molecular weight excluding hydrogens is 276 g/mol. The van der Waals surface area contributed by atoms with Gasteiger partial charge < -0.3 is 20.5 Å². The van der Waals surface area contributed by atoms with Gasteiger partial charge in [-0.3, -0.25) is 4.79 Å². The van der Waals surface area contributed by atoms with E-state index in [9.17, 15) is 14.4 Å². The summed E-state index contributed by atoms with van der Waals surface area (Å²) >= 11 is 0. The number of urea groups is 1. The Morgan fingerprint density at radius 1 is 1.29 bits per heavy atom. The SMILES string of the molecule is CCC1(CNC(=O)N[C@@H](CC(=O)OC)C(=O)O)CCCC1.